The molecule has 4 heteroatoms. The van der Waals surface area contributed by atoms with Gasteiger partial charge in [-0.15, -0.1) is 0 Å². The highest BCUT2D eigenvalue weighted by molar-refractivity contribution is 5.78. The zero-order chi connectivity index (χ0) is 10.6. The molecule has 0 aromatic heterocycles. The second-order valence-electron chi connectivity index (χ2n) is 4.22. The molecule has 4 nitrogen and oxygen atoms in total. The van der Waals surface area contributed by atoms with Crippen molar-refractivity contribution < 1.29 is 4.79 Å². The predicted octanol–water partition coefficient (Wildman–Crippen LogP) is -0.0659. The molecule has 1 fully saturated rings. The summed E-state index contributed by atoms with van der Waals surface area (Å²) in [6.45, 7) is 6.12. The van der Waals surface area contributed by atoms with Crippen LogP contribution in [0.25, 0.3) is 0 Å². The summed E-state index contributed by atoms with van der Waals surface area (Å²) in [6.07, 6.45) is 2.29. The van der Waals surface area contributed by atoms with E-state index in [0.29, 0.717) is 19.1 Å². The van der Waals surface area contributed by atoms with Gasteiger partial charge in [0.05, 0.1) is 6.54 Å². The van der Waals surface area contributed by atoms with Crippen molar-refractivity contribution in [2.75, 3.05) is 19.6 Å². The van der Waals surface area contributed by atoms with Crippen LogP contribution >= 0.6 is 0 Å². The molecule has 0 aromatic carbocycles. The molecule has 0 bridgehead atoms. The number of nitrogens with one attached hydrogen (secondary N) is 1. The number of carbonyl (C=O) groups is 1. The summed E-state index contributed by atoms with van der Waals surface area (Å²) in [5.41, 5.74) is 5.63. The maximum atomic E-state index is 11.5. The third-order valence-electron chi connectivity index (χ3n) is 2.57. The van der Waals surface area contributed by atoms with E-state index < -0.39 is 0 Å². The first-order valence-corrected chi connectivity index (χ1v) is 5.37. The van der Waals surface area contributed by atoms with Gasteiger partial charge in [0.2, 0.25) is 5.91 Å². The SMILES string of the molecule is CC(C)NC(=O)CN1CCCC1CN. The Morgan fingerprint density at radius 3 is 2.93 bits per heavy atom. The fourth-order valence-corrected chi connectivity index (χ4v) is 1.92. The number of rotatable bonds is 4. The zero-order valence-corrected chi connectivity index (χ0v) is 9.12. The normalized spacial score (nSPS) is 23.0. The molecule has 0 aliphatic carbocycles. The summed E-state index contributed by atoms with van der Waals surface area (Å²) >= 11 is 0. The Bertz CT molecular complexity index is 194. The van der Waals surface area contributed by atoms with Crippen LogP contribution in [0.4, 0.5) is 0 Å². The maximum Gasteiger partial charge on any atom is 0.234 e. The molecule has 0 radical (unpaired) electrons. The van der Waals surface area contributed by atoms with Gasteiger partial charge in [-0.3, -0.25) is 9.69 Å². The van der Waals surface area contributed by atoms with Gasteiger partial charge in [0.1, 0.15) is 0 Å². The number of nitrogens with zero attached hydrogens (tertiary/aromatic N) is 1. The van der Waals surface area contributed by atoms with E-state index in [1.54, 1.807) is 0 Å². The van der Waals surface area contributed by atoms with E-state index in [2.05, 4.69) is 10.2 Å². The van der Waals surface area contributed by atoms with E-state index in [9.17, 15) is 4.79 Å². The summed E-state index contributed by atoms with van der Waals surface area (Å²) in [6, 6.07) is 0.634. The summed E-state index contributed by atoms with van der Waals surface area (Å²) in [5.74, 6) is 0.111. The summed E-state index contributed by atoms with van der Waals surface area (Å²) in [5, 5.41) is 2.89. The van der Waals surface area contributed by atoms with Gasteiger partial charge in [-0.2, -0.15) is 0 Å². The highest BCUT2D eigenvalue weighted by Gasteiger charge is 2.24. The van der Waals surface area contributed by atoms with E-state index in [0.717, 1.165) is 19.4 Å². The number of hydrogen-bond donors (Lipinski definition) is 2. The van der Waals surface area contributed by atoms with Gasteiger partial charge in [-0.05, 0) is 33.2 Å². The Morgan fingerprint density at radius 1 is 1.64 bits per heavy atom. The summed E-state index contributed by atoms with van der Waals surface area (Å²) in [7, 11) is 0. The minimum Gasteiger partial charge on any atom is -0.353 e. The van der Waals surface area contributed by atoms with Gasteiger partial charge in [0.15, 0.2) is 0 Å². The van der Waals surface area contributed by atoms with Crippen molar-refractivity contribution in [3.8, 4) is 0 Å². The van der Waals surface area contributed by atoms with Crippen molar-refractivity contribution in [2.24, 2.45) is 5.73 Å². The maximum absolute atomic E-state index is 11.5. The van der Waals surface area contributed by atoms with Gasteiger partial charge in [-0.25, -0.2) is 0 Å². The van der Waals surface area contributed by atoms with E-state index in [1.807, 2.05) is 13.8 Å². The standard InChI is InChI=1S/C10H21N3O/c1-8(2)12-10(14)7-13-5-3-4-9(13)6-11/h8-9H,3-7,11H2,1-2H3,(H,12,14). The van der Waals surface area contributed by atoms with E-state index in [-0.39, 0.29) is 11.9 Å². The fraction of sp³-hybridized carbons (Fsp3) is 0.900. The van der Waals surface area contributed by atoms with Gasteiger partial charge in [0.25, 0.3) is 0 Å². The van der Waals surface area contributed by atoms with Gasteiger partial charge < -0.3 is 11.1 Å². The fourth-order valence-electron chi connectivity index (χ4n) is 1.92. The molecule has 0 saturated carbocycles. The lowest BCUT2D eigenvalue weighted by atomic mass is 10.2. The first kappa shape index (κ1) is 11.5. The molecular formula is C10H21N3O. The topological polar surface area (TPSA) is 58.4 Å². The Morgan fingerprint density at radius 2 is 2.36 bits per heavy atom. The Hall–Kier alpha value is -0.610. The predicted molar refractivity (Wildman–Crippen MR) is 56.9 cm³/mol. The Labute approximate surface area is 85.8 Å². The highest BCUT2D eigenvalue weighted by Crippen LogP contribution is 2.14. The number of amides is 1. The lowest BCUT2D eigenvalue weighted by Crippen LogP contribution is -2.44. The number of hydrogen-bond acceptors (Lipinski definition) is 3. The van der Waals surface area contributed by atoms with Crippen molar-refractivity contribution in [3.63, 3.8) is 0 Å². The quantitative estimate of drug-likeness (QED) is 0.666. The molecule has 1 unspecified atom stereocenters. The third-order valence-corrected chi connectivity index (χ3v) is 2.57. The lowest BCUT2D eigenvalue weighted by Gasteiger charge is -2.22. The first-order valence-electron chi connectivity index (χ1n) is 5.37. The largest absolute Gasteiger partial charge is 0.353 e. The van der Waals surface area contributed by atoms with Crippen molar-refractivity contribution in [2.45, 2.75) is 38.8 Å². The average Bonchev–Trinajstić information content (AvgIpc) is 2.50. The Kier molecular flexibility index (Phi) is 4.35. The zero-order valence-electron chi connectivity index (χ0n) is 9.12. The summed E-state index contributed by atoms with van der Waals surface area (Å²) in [4.78, 5) is 13.7. The molecule has 1 aliphatic rings. The van der Waals surface area contributed by atoms with Crippen LogP contribution in [0, 0.1) is 0 Å². The molecule has 3 N–H and O–H groups in total. The van der Waals surface area contributed by atoms with Crippen molar-refractivity contribution >= 4 is 5.91 Å². The van der Waals surface area contributed by atoms with Gasteiger partial charge in [0, 0.05) is 18.6 Å². The number of carbonyl (C=O) groups excluding carboxylic acids is 1. The smallest absolute Gasteiger partial charge is 0.234 e. The molecule has 14 heavy (non-hydrogen) atoms. The molecule has 1 amide bonds. The molecule has 0 aromatic rings. The summed E-state index contributed by atoms with van der Waals surface area (Å²) < 4.78 is 0. The second kappa shape index (κ2) is 5.32. The molecule has 1 aliphatic heterocycles. The van der Waals surface area contributed by atoms with Crippen molar-refractivity contribution in [1.29, 1.82) is 0 Å². The monoisotopic (exact) mass is 199 g/mol. The first-order chi connectivity index (χ1) is 6.63. The van der Waals surface area contributed by atoms with Crippen LogP contribution in [0.2, 0.25) is 0 Å². The van der Waals surface area contributed by atoms with Crippen LogP contribution in [0.15, 0.2) is 0 Å². The average molecular weight is 199 g/mol. The molecule has 1 rings (SSSR count). The van der Waals surface area contributed by atoms with E-state index in [4.69, 9.17) is 5.73 Å². The van der Waals surface area contributed by atoms with Crippen molar-refractivity contribution in [1.82, 2.24) is 10.2 Å². The van der Waals surface area contributed by atoms with Gasteiger partial charge in [-0.1, -0.05) is 0 Å². The van der Waals surface area contributed by atoms with E-state index >= 15 is 0 Å². The molecule has 1 saturated heterocycles. The van der Waals surface area contributed by atoms with Crippen LogP contribution in [0.3, 0.4) is 0 Å². The van der Waals surface area contributed by atoms with E-state index in [1.165, 1.54) is 0 Å². The number of nitrogens with two attached hydrogens (primary N) is 1. The van der Waals surface area contributed by atoms with Crippen molar-refractivity contribution in [3.05, 3.63) is 0 Å². The van der Waals surface area contributed by atoms with Gasteiger partial charge >= 0.3 is 0 Å². The molecular weight excluding hydrogens is 178 g/mol. The highest BCUT2D eigenvalue weighted by atomic mass is 16.2. The number of likely N-dealkylation sites (tertiary alicyclic amines) is 1. The third kappa shape index (κ3) is 3.27. The molecule has 0 spiro atoms. The van der Waals surface area contributed by atoms with Crippen LogP contribution in [-0.4, -0.2) is 42.5 Å². The van der Waals surface area contributed by atoms with Crippen LogP contribution < -0.4 is 11.1 Å². The molecule has 1 heterocycles. The minimum atomic E-state index is 0.111. The van der Waals surface area contributed by atoms with Crippen LogP contribution in [-0.2, 0) is 4.79 Å². The van der Waals surface area contributed by atoms with Crippen LogP contribution in [0.1, 0.15) is 26.7 Å². The lowest BCUT2D eigenvalue weighted by molar-refractivity contribution is -0.122. The molecule has 82 valence electrons. The Balaban J connectivity index is 2.32. The van der Waals surface area contributed by atoms with Crippen LogP contribution in [0.5, 0.6) is 0 Å². The second-order valence-corrected chi connectivity index (χ2v) is 4.22. The minimum absolute atomic E-state index is 0.111. The molecule has 1 atom stereocenters.